The topological polar surface area (TPSA) is 147 Å². The van der Waals surface area contributed by atoms with Crippen LogP contribution in [0.3, 0.4) is 0 Å². The van der Waals surface area contributed by atoms with Gasteiger partial charge in [-0.15, -0.1) is 0 Å². The van der Waals surface area contributed by atoms with Crippen molar-refractivity contribution in [1.82, 2.24) is 10.6 Å². The number of rotatable bonds is 17. The van der Waals surface area contributed by atoms with E-state index in [1.165, 1.54) is 13.0 Å². The van der Waals surface area contributed by atoms with Crippen molar-refractivity contribution < 1.29 is 39.1 Å². The van der Waals surface area contributed by atoms with Crippen molar-refractivity contribution in [3.8, 4) is 17.2 Å². The van der Waals surface area contributed by atoms with E-state index in [1.54, 1.807) is 30.3 Å². The fourth-order valence-electron chi connectivity index (χ4n) is 4.22. The van der Waals surface area contributed by atoms with Crippen LogP contribution in [0.15, 0.2) is 60.7 Å². The summed E-state index contributed by atoms with van der Waals surface area (Å²) in [6.07, 6.45) is 0.00240. The molecule has 3 aromatic rings. The molecule has 0 fully saturated rings. The molecule has 5 N–H and O–H groups in total. The molecule has 0 aliphatic heterocycles. The first-order valence-corrected chi connectivity index (χ1v) is 14.4. The molecule has 0 bridgehead atoms. The molecule has 1 atom stereocenters. The summed E-state index contributed by atoms with van der Waals surface area (Å²) in [6.45, 7) is 7.25. The molecule has 43 heavy (non-hydrogen) atoms. The van der Waals surface area contributed by atoms with Crippen LogP contribution in [0.25, 0.3) is 0 Å². The van der Waals surface area contributed by atoms with Crippen LogP contribution in [0.5, 0.6) is 17.2 Å². The van der Waals surface area contributed by atoms with Gasteiger partial charge >= 0.3 is 5.97 Å². The van der Waals surface area contributed by atoms with Crippen LogP contribution in [0, 0.1) is 5.92 Å². The summed E-state index contributed by atoms with van der Waals surface area (Å²) in [5.41, 5.74) is 2.99. The van der Waals surface area contributed by atoms with E-state index >= 15 is 0 Å². The Bertz CT molecular complexity index is 1330. The zero-order valence-electron chi connectivity index (χ0n) is 25.0. The summed E-state index contributed by atoms with van der Waals surface area (Å²) in [6, 6.07) is 17.5. The Morgan fingerprint density at radius 1 is 0.953 bits per heavy atom. The van der Waals surface area contributed by atoms with Gasteiger partial charge in [0.15, 0.2) is 0 Å². The number of carbonyl (C=O) groups excluding carboxylic acids is 2. The van der Waals surface area contributed by atoms with Crippen LogP contribution in [-0.4, -0.2) is 60.0 Å². The first-order chi connectivity index (χ1) is 20.7. The zero-order chi connectivity index (χ0) is 31.2. The molecule has 0 aliphatic rings. The number of esters is 1. The maximum Gasteiger partial charge on any atom is 0.308 e. The van der Waals surface area contributed by atoms with Crippen LogP contribution in [0.1, 0.15) is 59.5 Å². The number of para-hydroxylation sites is 1. The summed E-state index contributed by atoms with van der Waals surface area (Å²) in [5, 5.41) is 35.4. The van der Waals surface area contributed by atoms with E-state index in [4.69, 9.17) is 14.2 Å². The van der Waals surface area contributed by atoms with E-state index in [-0.39, 0.29) is 48.7 Å². The Labute approximate surface area is 252 Å². The first-order valence-electron chi connectivity index (χ1n) is 14.4. The highest BCUT2D eigenvalue weighted by Crippen LogP contribution is 2.26. The van der Waals surface area contributed by atoms with E-state index in [0.29, 0.717) is 48.7 Å². The maximum absolute atomic E-state index is 12.7. The lowest BCUT2D eigenvalue weighted by molar-refractivity contribution is -0.132. The minimum Gasteiger partial charge on any atom is -0.508 e. The minimum absolute atomic E-state index is 0.00596. The van der Waals surface area contributed by atoms with Gasteiger partial charge in [-0.1, -0.05) is 44.2 Å². The fraction of sp³-hybridized carbons (Fsp3) is 0.394. The summed E-state index contributed by atoms with van der Waals surface area (Å²) in [5.74, 6) is 0.369. The smallest absolute Gasteiger partial charge is 0.308 e. The Morgan fingerprint density at radius 3 is 2.42 bits per heavy atom. The molecule has 0 saturated carbocycles. The Morgan fingerprint density at radius 2 is 1.72 bits per heavy atom. The van der Waals surface area contributed by atoms with Gasteiger partial charge in [-0.2, -0.15) is 0 Å². The molecule has 10 nitrogen and oxygen atoms in total. The van der Waals surface area contributed by atoms with E-state index < -0.39 is 12.1 Å². The van der Waals surface area contributed by atoms with Crippen molar-refractivity contribution in [1.29, 1.82) is 0 Å². The molecule has 0 saturated heterocycles. The second kappa shape index (κ2) is 17.2. The molecular formula is C33H42N2O8. The first kappa shape index (κ1) is 33.5. The number of aliphatic hydroxyl groups is 2. The van der Waals surface area contributed by atoms with Crippen LogP contribution in [-0.2, 0) is 29.2 Å². The second-order valence-electron chi connectivity index (χ2n) is 10.6. The third-order valence-corrected chi connectivity index (χ3v) is 6.52. The average Bonchev–Trinajstić information content (AvgIpc) is 2.99. The lowest BCUT2D eigenvalue weighted by Crippen LogP contribution is -2.28. The molecule has 0 unspecified atom stereocenters. The maximum atomic E-state index is 12.7. The summed E-state index contributed by atoms with van der Waals surface area (Å²) in [4.78, 5) is 24.4. The SMILES string of the molecule is CC(=O)Oc1c(COCCOc2ccc(CCNC[C@H](O)c3ccc(O)c(CO)c3)cc2)cccc1C(=O)NCC(C)C. The molecule has 0 radical (unpaired) electrons. The van der Waals surface area contributed by atoms with Crippen molar-refractivity contribution in [2.75, 3.05) is 32.8 Å². The minimum atomic E-state index is -0.754. The highest BCUT2D eigenvalue weighted by molar-refractivity contribution is 5.98. The number of nitrogens with one attached hydrogen (secondary N) is 2. The number of benzene rings is 3. The van der Waals surface area contributed by atoms with Gasteiger partial charge in [0.1, 0.15) is 23.9 Å². The normalized spacial score (nSPS) is 11.8. The lowest BCUT2D eigenvalue weighted by Gasteiger charge is -2.15. The molecule has 0 spiro atoms. The third kappa shape index (κ3) is 11.0. The fourth-order valence-corrected chi connectivity index (χ4v) is 4.22. The largest absolute Gasteiger partial charge is 0.508 e. The van der Waals surface area contributed by atoms with Gasteiger partial charge in [-0.25, -0.2) is 0 Å². The predicted molar refractivity (Wildman–Crippen MR) is 162 cm³/mol. The lowest BCUT2D eigenvalue weighted by atomic mass is 10.1. The van der Waals surface area contributed by atoms with Gasteiger partial charge in [0.2, 0.25) is 0 Å². The Kier molecular flexibility index (Phi) is 13.4. The monoisotopic (exact) mass is 594 g/mol. The number of aromatic hydroxyl groups is 1. The molecular weight excluding hydrogens is 552 g/mol. The number of phenols is 1. The van der Waals surface area contributed by atoms with Crippen molar-refractivity contribution in [3.63, 3.8) is 0 Å². The molecule has 3 aromatic carbocycles. The number of amides is 1. The van der Waals surface area contributed by atoms with E-state index in [1.807, 2.05) is 38.1 Å². The number of aliphatic hydroxyl groups excluding tert-OH is 2. The van der Waals surface area contributed by atoms with Gasteiger partial charge in [0, 0.05) is 31.1 Å². The quantitative estimate of drug-likeness (QED) is 0.0898. The van der Waals surface area contributed by atoms with E-state index in [0.717, 1.165) is 12.0 Å². The second-order valence-corrected chi connectivity index (χ2v) is 10.6. The van der Waals surface area contributed by atoms with Crippen molar-refractivity contribution in [2.24, 2.45) is 5.92 Å². The van der Waals surface area contributed by atoms with Crippen LogP contribution < -0.4 is 20.1 Å². The average molecular weight is 595 g/mol. The number of carbonyl (C=O) groups is 2. The summed E-state index contributed by atoms with van der Waals surface area (Å²) < 4.78 is 16.9. The molecule has 0 heterocycles. The van der Waals surface area contributed by atoms with Crippen LogP contribution >= 0.6 is 0 Å². The third-order valence-electron chi connectivity index (χ3n) is 6.52. The van der Waals surface area contributed by atoms with Gasteiger partial charge < -0.3 is 40.2 Å². The highest BCUT2D eigenvalue weighted by atomic mass is 16.5. The molecule has 0 aliphatic carbocycles. The van der Waals surface area contributed by atoms with Gasteiger partial charge in [-0.3, -0.25) is 9.59 Å². The van der Waals surface area contributed by atoms with E-state index in [2.05, 4.69) is 10.6 Å². The Balaban J connectivity index is 1.40. The van der Waals surface area contributed by atoms with Crippen molar-refractivity contribution in [3.05, 3.63) is 88.5 Å². The van der Waals surface area contributed by atoms with Gasteiger partial charge in [0.05, 0.1) is 31.5 Å². The molecule has 10 heteroatoms. The summed E-state index contributed by atoms with van der Waals surface area (Å²) in [7, 11) is 0. The Hall–Kier alpha value is -3.96. The number of hydrogen-bond donors (Lipinski definition) is 5. The van der Waals surface area contributed by atoms with Crippen LogP contribution in [0.2, 0.25) is 0 Å². The molecule has 1 amide bonds. The molecule has 3 rings (SSSR count). The number of ether oxygens (including phenoxy) is 3. The van der Waals surface area contributed by atoms with Crippen molar-refractivity contribution >= 4 is 11.9 Å². The highest BCUT2D eigenvalue weighted by Gasteiger charge is 2.18. The van der Waals surface area contributed by atoms with Crippen molar-refractivity contribution in [2.45, 2.75) is 46.5 Å². The predicted octanol–water partition coefficient (Wildman–Crippen LogP) is 3.66. The van der Waals surface area contributed by atoms with E-state index in [9.17, 15) is 24.9 Å². The zero-order valence-corrected chi connectivity index (χ0v) is 25.0. The van der Waals surface area contributed by atoms with Gasteiger partial charge in [-0.05, 0) is 60.3 Å². The molecule has 232 valence electrons. The van der Waals surface area contributed by atoms with Gasteiger partial charge in [0.25, 0.3) is 5.91 Å². The standard InChI is InChI=1S/C33H42N2O8/c1-22(2)18-35-33(40)29-6-4-5-26(32(29)43-23(3)37)21-41-15-16-42-28-10-7-24(8-11-28)13-14-34-19-31(39)25-9-12-30(38)27(17-25)20-36/h4-12,17,22,31,34,36,38-39H,13-16,18-21H2,1-3H3,(H,35,40)/t31-/m0/s1. The van der Waals surface area contributed by atoms with Crippen LogP contribution in [0.4, 0.5) is 0 Å². The summed E-state index contributed by atoms with van der Waals surface area (Å²) >= 11 is 0. The number of hydrogen-bond acceptors (Lipinski definition) is 9. The molecule has 0 aromatic heterocycles.